The van der Waals surface area contributed by atoms with Gasteiger partial charge in [-0.3, -0.25) is 15.0 Å². The van der Waals surface area contributed by atoms with Crippen molar-refractivity contribution in [2.45, 2.75) is 38.1 Å². The second-order valence-corrected chi connectivity index (χ2v) is 7.20. The zero-order chi connectivity index (χ0) is 16.5. The predicted octanol–water partition coefficient (Wildman–Crippen LogP) is 2.25. The maximum absolute atomic E-state index is 5.45. The van der Waals surface area contributed by atoms with Gasteiger partial charge < -0.3 is 4.74 Å². The summed E-state index contributed by atoms with van der Waals surface area (Å²) in [7, 11) is 1.78. The fourth-order valence-corrected chi connectivity index (χ4v) is 3.58. The molecule has 2 aromatic heterocycles. The highest BCUT2D eigenvalue weighted by Crippen LogP contribution is 2.39. The highest BCUT2D eigenvalue weighted by atomic mass is 16.5. The maximum atomic E-state index is 5.45. The van der Waals surface area contributed by atoms with Crippen molar-refractivity contribution in [3.05, 3.63) is 41.2 Å². The average Bonchev–Trinajstić information content (AvgIpc) is 3.18. The number of aromatic nitrogens is 4. The van der Waals surface area contributed by atoms with Gasteiger partial charge in [0.15, 0.2) is 5.82 Å². The minimum atomic E-state index is 0.357. The fraction of sp³-hybridized carbons (Fsp3) is 0.611. The third kappa shape index (κ3) is 3.35. The molecule has 128 valence electrons. The predicted molar refractivity (Wildman–Crippen MR) is 90.7 cm³/mol. The quantitative estimate of drug-likeness (QED) is 0.881. The van der Waals surface area contributed by atoms with Crippen molar-refractivity contribution >= 4 is 0 Å². The molecule has 6 nitrogen and oxygen atoms in total. The first-order valence-corrected chi connectivity index (χ1v) is 8.78. The molecule has 0 bridgehead atoms. The Bertz CT molecular complexity index is 679. The number of likely N-dealkylation sites (tertiary alicyclic amines) is 1. The minimum absolute atomic E-state index is 0.357. The van der Waals surface area contributed by atoms with Crippen molar-refractivity contribution in [2.24, 2.45) is 5.92 Å². The molecule has 1 aliphatic heterocycles. The van der Waals surface area contributed by atoms with Gasteiger partial charge in [0.1, 0.15) is 5.82 Å². The van der Waals surface area contributed by atoms with E-state index in [2.05, 4.69) is 39.1 Å². The molecule has 6 heteroatoms. The molecule has 0 aromatic carbocycles. The molecule has 0 radical (unpaired) electrons. The lowest BCUT2D eigenvalue weighted by Crippen LogP contribution is -2.21. The van der Waals surface area contributed by atoms with E-state index < -0.39 is 0 Å². The van der Waals surface area contributed by atoms with E-state index in [9.17, 15) is 0 Å². The van der Waals surface area contributed by atoms with Gasteiger partial charge in [0.05, 0.1) is 12.3 Å². The van der Waals surface area contributed by atoms with Gasteiger partial charge in [-0.05, 0) is 31.4 Å². The molecular formula is C18H25N5O. The van der Waals surface area contributed by atoms with Gasteiger partial charge in [-0.25, -0.2) is 4.98 Å². The van der Waals surface area contributed by atoms with Crippen molar-refractivity contribution in [2.75, 3.05) is 26.8 Å². The summed E-state index contributed by atoms with van der Waals surface area (Å²) in [6.07, 6.45) is 4.40. The van der Waals surface area contributed by atoms with E-state index in [0.717, 1.165) is 43.6 Å². The van der Waals surface area contributed by atoms with Crippen LogP contribution in [0.2, 0.25) is 0 Å². The Labute approximate surface area is 142 Å². The summed E-state index contributed by atoms with van der Waals surface area (Å²) >= 11 is 0. The van der Waals surface area contributed by atoms with Crippen molar-refractivity contribution in [3.63, 3.8) is 0 Å². The van der Waals surface area contributed by atoms with E-state index in [-0.39, 0.29) is 0 Å². The molecule has 1 saturated carbocycles. The second kappa shape index (κ2) is 6.61. The van der Waals surface area contributed by atoms with Crippen LogP contribution in [0.1, 0.15) is 47.6 Å². The number of ether oxygens (including phenoxy) is 1. The fourth-order valence-electron chi connectivity index (χ4n) is 3.58. The van der Waals surface area contributed by atoms with Crippen LogP contribution in [-0.2, 0) is 11.3 Å². The van der Waals surface area contributed by atoms with Crippen LogP contribution >= 0.6 is 0 Å². The van der Waals surface area contributed by atoms with Gasteiger partial charge in [-0.15, -0.1) is 0 Å². The Morgan fingerprint density at radius 2 is 2.17 bits per heavy atom. The molecule has 0 spiro atoms. The number of pyridine rings is 1. The largest absolute Gasteiger partial charge is 0.384 e. The Kier molecular flexibility index (Phi) is 4.33. The van der Waals surface area contributed by atoms with Crippen LogP contribution in [0.5, 0.6) is 0 Å². The van der Waals surface area contributed by atoms with E-state index in [0.29, 0.717) is 17.8 Å². The van der Waals surface area contributed by atoms with Crippen LogP contribution < -0.4 is 0 Å². The lowest BCUT2D eigenvalue weighted by molar-refractivity contribution is 0.146. The Balaban J connectivity index is 1.47. The first-order chi connectivity index (χ1) is 11.7. The van der Waals surface area contributed by atoms with Crippen LogP contribution in [0.25, 0.3) is 0 Å². The molecule has 2 atom stereocenters. The minimum Gasteiger partial charge on any atom is -0.384 e. The normalized spacial score (nSPS) is 24.6. The van der Waals surface area contributed by atoms with Gasteiger partial charge in [-0.1, -0.05) is 6.07 Å². The molecule has 1 N–H and O–H groups in total. The van der Waals surface area contributed by atoms with Crippen molar-refractivity contribution < 1.29 is 4.74 Å². The standard InChI is InChI=1S/C18H25N5O/c1-12-3-6-15(19-7-12)9-23-8-14(11-24-2)16(10-23)18-20-17(21-22-18)13-4-5-13/h3,6-7,13-14,16H,4-5,8-11H2,1-2H3,(H,20,21,22)/t14-,16+/m0/s1. The maximum Gasteiger partial charge on any atom is 0.153 e. The van der Waals surface area contributed by atoms with E-state index >= 15 is 0 Å². The van der Waals surface area contributed by atoms with Gasteiger partial charge in [0, 0.05) is 50.7 Å². The molecule has 0 amide bonds. The van der Waals surface area contributed by atoms with Crippen LogP contribution in [0.4, 0.5) is 0 Å². The van der Waals surface area contributed by atoms with E-state index in [1.165, 1.54) is 18.4 Å². The molecule has 0 unspecified atom stereocenters. The van der Waals surface area contributed by atoms with Gasteiger partial charge in [0.2, 0.25) is 0 Å². The van der Waals surface area contributed by atoms with Crippen LogP contribution in [0, 0.1) is 12.8 Å². The number of hydrogen-bond acceptors (Lipinski definition) is 5. The summed E-state index contributed by atoms with van der Waals surface area (Å²) in [5.41, 5.74) is 2.32. The third-order valence-electron chi connectivity index (χ3n) is 5.07. The molecule has 2 aliphatic rings. The lowest BCUT2D eigenvalue weighted by Gasteiger charge is -2.15. The molecule has 3 heterocycles. The zero-order valence-electron chi connectivity index (χ0n) is 14.4. The zero-order valence-corrected chi connectivity index (χ0v) is 14.4. The number of hydrogen-bond donors (Lipinski definition) is 1. The Morgan fingerprint density at radius 1 is 1.29 bits per heavy atom. The molecule has 4 rings (SSSR count). The lowest BCUT2D eigenvalue weighted by atomic mass is 9.96. The number of rotatable bonds is 6. The first kappa shape index (κ1) is 15.7. The monoisotopic (exact) mass is 327 g/mol. The van der Waals surface area contributed by atoms with Crippen LogP contribution in [-0.4, -0.2) is 51.9 Å². The summed E-state index contributed by atoms with van der Waals surface area (Å²) in [6.45, 7) is 5.68. The number of nitrogens with zero attached hydrogens (tertiary/aromatic N) is 4. The van der Waals surface area contributed by atoms with Gasteiger partial charge in [-0.2, -0.15) is 5.10 Å². The smallest absolute Gasteiger partial charge is 0.153 e. The molecular weight excluding hydrogens is 302 g/mol. The van der Waals surface area contributed by atoms with E-state index in [4.69, 9.17) is 9.72 Å². The molecule has 2 aromatic rings. The van der Waals surface area contributed by atoms with Gasteiger partial charge >= 0.3 is 0 Å². The summed E-state index contributed by atoms with van der Waals surface area (Å²) in [5.74, 6) is 3.42. The number of aryl methyl sites for hydroxylation is 1. The summed E-state index contributed by atoms with van der Waals surface area (Å²) in [4.78, 5) is 11.8. The van der Waals surface area contributed by atoms with Crippen molar-refractivity contribution in [3.8, 4) is 0 Å². The SMILES string of the molecule is COC[C@@H]1CN(Cc2ccc(C)cn2)C[C@H]1c1nc(C2CC2)n[nH]1. The summed E-state index contributed by atoms with van der Waals surface area (Å²) in [6, 6.07) is 4.24. The summed E-state index contributed by atoms with van der Waals surface area (Å²) < 4.78 is 5.45. The number of aromatic amines is 1. The summed E-state index contributed by atoms with van der Waals surface area (Å²) in [5, 5.41) is 7.62. The molecule has 24 heavy (non-hydrogen) atoms. The topological polar surface area (TPSA) is 66.9 Å². The number of H-pyrrole nitrogens is 1. The van der Waals surface area contributed by atoms with Crippen molar-refractivity contribution in [1.82, 2.24) is 25.1 Å². The third-order valence-corrected chi connectivity index (χ3v) is 5.07. The molecule has 1 saturated heterocycles. The number of methoxy groups -OCH3 is 1. The van der Waals surface area contributed by atoms with E-state index in [1.54, 1.807) is 7.11 Å². The van der Waals surface area contributed by atoms with Crippen LogP contribution in [0.3, 0.4) is 0 Å². The van der Waals surface area contributed by atoms with E-state index in [1.807, 2.05) is 6.20 Å². The number of nitrogens with one attached hydrogen (secondary N) is 1. The molecule has 2 fully saturated rings. The van der Waals surface area contributed by atoms with Gasteiger partial charge in [0.25, 0.3) is 0 Å². The Morgan fingerprint density at radius 3 is 2.88 bits per heavy atom. The molecule has 1 aliphatic carbocycles. The van der Waals surface area contributed by atoms with Crippen LogP contribution in [0.15, 0.2) is 18.3 Å². The average molecular weight is 327 g/mol. The Hall–Kier alpha value is -1.79. The highest BCUT2D eigenvalue weighted by Gasteiger charge is 2.37. The van der Waals surface area contributed by atoms with Crippen molar-refractivity contribution in [1.29, 1.82) is 0 Å². The second-order valence-electron chi connectivity index (χ2n) is 7.20. The highest BCUT2D eigenvalue weighted by molar-refractivity contribution is 5.14. The first-order valence-electron chi connectivity index (χ1n) is 8.78.